The Morgan fingerprint density at radius 2 is 1.92 bits per heavy atom. The molecule has 0 N–H and O–H groups in total. The van der Waals surface area contributed by atoms with Crippen LogP contribution in [-0.2, 0) is 6.42 Å². The molecule has 0 saturated carbocycles. The van der Waals surface area contributed by atoms with Gasteiger partial charge in [0.2, 0.25) is 0 Å². The highest BCUT2D eigenvalue weighted by Crippen LogP contribution is 2.35. The summed E-state index contributed by atoms with van der Waals surface area (Å²) >= 11 is 0. The van der Waals surface area contributed by atoms with Crippen molar-refractivity contribution in [1.29, 1.82) is 0 Å². The zero-order valence-electron chi connectivity index (χ0n) is 15.6. The molecule has 2 atom stereocenters. The minimum atomic E-state index is 0.585. The Kier molecular flexibility index (Phi) is 6.85. The molecule has 0 fully saturated rings. The molecule has 0 spiro atoms. The summed E-state index contributed by atoms with van der Waals surface area (Å²) in [4.78, 5) is 0. The summed E-state index contributed by atoms with van der Waals surface area (Å²) in [5.74, 6) is 1.17. The van der Waals surface area contributed by atoms with E-state index in [1.54, 1.807) is 0 Å². The molecule has 1 aliphatic rings. The summed E-state index contributed by atoms with van der Waals surface area (Å²) in [5, 5.41) is 0. The van der Waals surface area contributed by atoms with Gasteiger partial charge in [0.05, 0.1) is 0 Å². The third kappa shape index (κ3) is 4.38. The van der Waals surface area contributed by atoms with E-state index in [1.807, 2.05) is 6.08 Å². The molecule has 0 bridgehead atoms. The lowest BCUT2D eigenvalue weighted by atomic mass is 9.82. The molecule has 0 aliphatic heterocycles. The van der Waals surface area contributed by atoms with E-state index in [2.05, 4.69) is 70.3 Å². The molecule has 1 aromatic rings. The fraction of sp³-hybridized carbons (Fsp3) is 0.417. The fourth-order valence-electron chi connectivity index (χ4n) is 3.42. The maximum Gasteiger partial charge on any atom is -0.0155 e. The molecule has 0 radical (unpaired) electrons. The van der Waals surface area contributed by atoms with Gasteiger partial charge in [-0.3, -0.25) is 0 Å². The molecule has 1 aliphatic carbocycles. The van der Waals surface area contributed by atoms with Crippen molar-refractivity contribution in [2.24, 2.45) is 11.8 Å². The lowest BCUT2D eigenvalue weighted by Gasteiger charge is -2.23. The largest absolute Gasteiger partial charge is 0.103 e. The quantitative estimate of drug-likeness (QED) is 0.468. The average molecular weight is 321 g/mol. The Labute approximate surface area is 148 Å². The van der Waals surface area contributed by atoms with Gasteiger partial charge in [0.1, 0.15) is 0 Å². The summed E-state index contributed by atoms with van der Waals surface area (Å²) in [6.45, 7) is 15.2. The molecule has 0 heteroatoms. The van der Waals surface area contributed by atoms with Crippen molar-refractivity contribution < 1.29 is 0 Å². The molecular formula is C24H32. The Balaban J connectivity index is 2.35. The van der Waals surface area contributed by atoms with Crippen LogP contribution in [-0.4, -0.2) is 0 Å². The number of rotatable bonds is 7. The molecule has 0 nitrogen and oxygen atoms in total. The zero-order valence-corrected chi connectivity index (χ0v) is 15.6. The number of fused-ring (bicyclic) bond motifs is 1. The first-order chi connectivity index (χ1) is 11.6. The van der Waals surface area contributed by atoms with Crippen LogP contribution in [0.4, 0.5) is 0 Å². The van der Waals surface area contributed by atoms with E-state index >= 15 is 0 Å². The van der Waals surface area contributed by atoms with Gasteiger partial charge in [-0.2, -0.15) is 0 Å². The molecule has 2 rings (SSSR count). The molecule has 0 amide bonds. The first-order valence-electron chi connectivity index (χ1n) is 9.41. The fourth-order valence-corrected chi connectivity index (χ4v) is 3.42. The van der Waals surface area contributed by atoms with Crippen molar-refractivity contribution in [2.75, 3.05) is 0 Å². The topological polar surface area (TPSA) is 0 Å². The maximum atomic E-state index is 4.40. The smallest absolute Gasteiger partial charge is 0.0155 e. The standard InChI is InChI=1S/C24H32/c1-6-11-20(8-3)16-23(18(4)7-2)17-22-15-14-21-12-9-10-13-24(21)19(22)5/h6,9-10,12-13,16-18,20H,1,5,7-8,11,14-15H2,2-4H3. The van der Waals surface area contributed by atoms with Crippen LogP contribution in [0, 0.1) is 11.8 Å². The van der Waals surface area contributed by atoms with Crippen LogP contribution in [0.1, 0.15) is 57.6 Å². The SMILES string of the molecule is C=CCC(C=C(C=C1CCc2ccccc2C1=C)C(C)CC)CC. The van der Waals surface area contributed by atoms with Crippen molar-refractivity contribution in [3.05, 3.63) is 77.9 Å². The maximum absolute atomic E-state index is 4.40. The van der Waals surface area contributed by atoms with Crippen LogP contribution in [0.5, 0.6) is 0 Å². The van der Waals surface area contributed by atoms with Crippen LogP contribution in [0.15, 0.2) is 66.8 Å². The van der Waals surface area contributed by atoms with Gasteiger partial charge in [0.25, 0.3) is 0 Å². The molecule has 0 heterocycles. The molecule has 0 saturated heterocycles. The Morgan fingerprint density at radius 3 is 2.58 bits per heavy atom. The van der Waals surface area contributed by atoms with Crippen molar-refractivity contribution >= 4 is 5.57 Å². The van der Waals surface area contributed by atoms with Gasteiger partial charge in [0, 0.05) is 0 Å². The third-order valence-corrected chi connectivity index (χ3v) is 5.34. The van der Waals surface area contributed by atoms with Crippen molar-refractivity contribution in [2.45, 2.75) is 52.9 Å². The lowest BCUT2D eigenvalue weighted by Crippen LogP contribution is -2.06. The number of aryl methyl sites for hydroxylation is 1. The molecule has 0 aromatic heterocycles. The van der Waals surface area contributed by atoms with Gasteiger partial charge in [-0.25, -0.2) is 0 Å². The van der Waals surface area contributed by atoms with Gasteiger partial charge in [-0.05, 0) is 71.8 Å². The predicted molar refractivity (Wildman–Crippen MR) is 108 cm³/mol. The van der Waals surface area contributed by atoms with Crippen LogP contribution < -0.4 is 0 Å². The van der Waals surface area contributed by atoms with E-state index in [1.165, 1.54) is 40.7 Å². The molecule has 1 aromatic carbocycles. The first kappa shape index (κ1) is 18.5. The third-order valence-electron chi connectivity index (χ3n) is 5.34. The highest BCUT2D eigenvalue weighted by Gasteiger charge is 2.17. The normalized spacial score (nSPS) is 19.0. The number of hydrogen-bond donors (Lipinski definition) is 0. The van der Waals surface area contributed by atoms with Gasteiger partial charge in [-0.1, -0.05) is 69.8 Å². The predicted octanol–water partition coefficient (Wildman–Crippen LogP) is 7.15. The van der Waals surface area contributed by atoms with Crippen LogP contribution in [0.2, 0.25) is 0 Å². The zero-order chi connectivity index (χ0) is 17.5. The average Bonchev–Trinajstić information content (AvgIpc) is 2.62. The van der Waals surface area contributed by atoms with Gasteiger partial charge >= 0.3 is 0 Å². The van der Waals surface area contributed by atoms with E-state index in [0.29, 0.717) is 11.8 Å². The van der Waals surface area contributed by atoms with E-state index in [9.17, 15) is 0 Å². The Hall–Kier alpha value is -1.82. The van der Waals surface area contributed by atoms with Crippen LogP contribution in [0.25, 0.3) is 5.57 Å². The van der Waals surface area contributed by atoms with E-state index < -0.39 is 0 Å². The Bertz CT molecular complexity index is 642. The van der Waals surface area contributed by atoms with Gasteiger partial charge < -0.3 is 0 Å². The second-order valence-electron chi connectivity index (χ2n) is 6.97. The Morgan fingerprint density at radius 1 is 1.17 bits per heavy atom. The first-order valence-corrected chi connectivity index (χ1v) is 9.41. The van der Waals surface area contributed by atoms with Crippen LogP contribution in [0.3, 0.4) is 0 Å². The van der Waals surface area contributed by atoms with Crippen molar-refractivity contribution in [1.82, 2.24) is 0 Å². The highest BCUT2D eigenvalue weighted by molar-refractivity contribution is 5.81. The highest BCUT2D eigenvalue weighted by atomic mass is 14.2. The van der Waals surface area contributed by atoms with E-state index in [-0.39, 0.29) is 0 Å². The summed E-state index contributed by atoms with van der Waals surface area (Å²) in [7, 11) is 0. The molecule has 128 valence electrons. The number of allylic oxidation sites excluding steroid dienone is 6. The molecular weight excluding hydrogens is 288 g/mol. The van der Waals surface area contributed by atoms with E-state index in [0.717, 1.165) is 19.3 Å². The second kappa shape index (κ2) is 8.87. The van der Waals surface area contributed by atoms with Gasteiger partial charge in [-0.15, -0.1) is 6.58 Å². The summed E-state index contributed by atoms with van der Waals surface area (Å²) in [6.07, 6.45) is 12.6. The second-order valence-corrected chi connectivity index (χ2v) is 6.97. The minimum absolute atomic E-state index is 0.585. The number of benzene rings is 1. The molecule has 24 heavy (non-hydrogen) atoms. The number of hydrogen-bond acceptors (Lipinski definition) is 0. The molecule has 2 unspecified atom stereocenters. The van der Waals surface area contributed by atoms with Crippen molar-refractivity contribution in [3.63, 3.8) is 0 Å². The van der Waals surface area contributed by atoms with Gasteiger partial charge in [0.15, 0.2) is 0 Å². The van der Waals surface area contributed by atoms with Crippen LogP contribution >= 0.6 is 0 Å². The van der Waals surface area contributed by atoms with Crippen molar-refractivity contribution in [3.8, 4) is 0 Å². The minimum Gasteiger partial charge on any atom is -0.103 e. The summed E-state index contributed by atoms with van der Waals surface area (Å²) < 4.78 is 0. The summed E-state index contributed by atoms with van der Waals surface area (Å²) in [5.41, 5.74) is 6.86. The van der Waals surface area contributed by atoms with E-state index in [4.69, 9.17) is 0 Å². The monoisotopic (exact) mass is 320 g/mol. The lowest BCUT2D eigenvalue weighted by molar-refractivity contribution is 0.607. The summed E-state index contributed by atoms with van der Waals surface area (Å²) in [6, 6.07) is 8.70.